The molecule has 10 atom stereocenters. The molecule has 136 valence electrons. The zero-order chi connectivity index (χ0) is 17.3. The number of ether oxygens (including phenoxy) is 1. The van der Waals surface area contributed by atoms with Crippen LogP contribution in [0.2, 0.25) is 0 Å². The average Bonchev–Trinajstić information content (AvgIpc) is 2.53. The van der Waals surface area contributed by atoms with E-state index in [2.05, 4.69) is 5.32 Å². The molecule has 0 aromatic rings. The van der Waals surface area contributed by atoms with E-state index in [-0.39, 0.29) is 13.0 Å². The average molecular weight is 337 g/mol. The maximum Gasteiger partial charge on any atom is 0.108 e. The largest absolute Gasteiger partial charge is 0.396 e. The number of aliphatic hydroxyl groups is 7. The van der Waals surface area contributed by atoms with Gasteiger partial charge in [-0.3, -0.25) is 0 Å². The number of hydrogen-bond acceptors (Lipinski definition) is 9. The van der Waals surface area contributed by atoms with Gasteiger partial charge in [-0.2, -0.15) is 0 Å². The molecule has 0 spiro atoms. The molecule has 1 aliphatic carbocycles. The monoisotopic (exact) mass is 337 g/mol. The molecule has 0 aromatic carbocycles. The molecule has 1 saturated heterocycles. The van der Waals surface area contributed by atoms with Crippen LogP contribution in [0.3, 0.4) is 0 Å². The van der Waals surface area contributed by atoms with Gasteiger partial charge >= 0.3 is 0 Å². The van der Waals surface area contributed by atoms with Gasteiger partial charge in [0.05, 0.1) is 49.8 Å². The van der Waals surface area contributed by atoms with Crippen LogP contribution in [-0.4, -0.2) is 104 Å². The molecule has 0 radical (unpaired) electrons. The van der Waals surface area contributed by atoms with Crippen molar-refractivity contribution >= 4 is 0 Å². The summed E-state index contributed by atoms with van der Waals surface area (Å²) in [5.74, 6) is -1.02. The van der Waals surface area contributed by atoms with Crippen molar-refractivity contribution in [2.24, 2.45) is 5.92 Å². The highest BCUT2D eigenvalue weighted by Crippen LogP contribution is 2.28. The molecule has 0 bridgehead atoms. The summed E-state index contributed by atoms with van der Waals surface area (Å²) in [5.41, 5.74) is 0. The van der Waals surface area contributed by atoms with Gasteiger partial charge in [0.15, 0.2) is 0 Å². The quantitative estimate of drug-likeness (QED) is 0.255. The smallest absolute Gasteiger partial charge is 0.108 e. The predicted octanol–water partition coefficient (Wildman–Crippen LogP) is -4.09. The van der Waals surface area contributed by atoms with Crippen molar-refractivity contribution in [3.05, 3.63) is 0 Å². The molecule has 23 heavy (non-hydrogen) atoms. The van der Waals surface area contributed by atoms with Crippen LogP contribution in [0.1, 0.15) is 13.3 Å². The first kappa shape index (κ1) is 19.0. The highest BCUT2D eigenvalue weighted by atomic mass is 16.5. The Kier molecular flexibility index (Phi) is 6.34. The van der Waals surface area contributed by atoms with E-state index >= 15 is 0 Å². The van der Waals surface area contributed by atoms with Gasteiger partial charge in [0.1, 0.15) is 12.2 Å². The lowest BCUT2D eigenvalue weighted by Crippen LogP contribution is -2.69. The molecule has 1 aliphatic heterocycles. The van der Waals surface area contributed by atoms with Crippen LogP contribution in [-0.2, 0) is 4.74 Å². The van der Waals surface area contributed by atoms with Crippen molar-refractivity contribution in [2.45, 2.75) is 68.2 Å². The highest BCUT2D eigenvalue weighted by molar-refractivity contribution is 5.03. The number of hydrogen-bond donors (Lipinski definition) is 8. The minimum Gasteiger partial charge on any atom is -0.396 e. The van der Waals surface area contributed by atoms with Gasteiger partial charge in [0.25, 0.3) is 0 Å². The Bertz CT molecular complexity index is 386. The van der Waals surface area contributed by atoms with E-state index < -0.39 is 67.3 Å². The van der Waals surface area contributed by atoms with Crippen molar-refractivity contribution in [1.82, 2.24) is 5.32 Å². The molecule has 9 heteroatoms. The summed E-state index contributed by atoms with van der Waals surface area (Å²) in [6, 6.07) is -1.61. The second-order valence-electron chi connectivity index (χ2n) is 6.47. The second-order valence-corrected chi connectivity index (χ2v) is 6.47. The molecular weight excluding hydrogens is 310 g/mol. The van der Waals surface area contributed by atoms with E-state index in [1.165, 1.54) is 0 Å². The summed E-state index contributed by atoms with van der Waals surface area (Å²) >= 11 is 0. The molecule has 9 nitrogen and oxygen atoms in total. The van der Waals surface area contributed by atoms with E-state index in [1.54, 1.807) is 6.92 Å². The van der Waals surface area contributed by atoms with Gasteiger partial charge in [0.2, 0.25) is 0 Å². The van der Waals surface area contributed by atoms with Crippen molar-refractivity contribution in [3.63, 3.8) is 0 Å². The zero-order valence-electron chi connectivity index (χ0n) is 12.9. The maximum atomic E-state index is 10.3. The van der Waals surface area contributed by atoms with E-state index in [9.17, 15) is 35.7 Å². The Morgan fingerprint density at radius 2 is 1.57 bits per heavy atom. The summed E-state index contributed by atoms with van der Waals surface area (Å²) in [7, 11) is 0. The molecule has 2 fully saturated rings. The Morgan fingerprint density at radius 1 is 0.913 bits per heavy atom. The normalized spacial score (nSPS) is 51.7. The zero-order valence-corrected chi connectivity index (χ0v) is 12.9. The van der Waals surface area contributed by atoms with Gasteiger partial charge in [-0.15, -0.1) is 0 Å². The molecule has 1 saturated carbocycles. The van der Waals surface area contributed by atoms with Crippen LogP contribution >= 0.6 is 0 Å². The third-order valence-corrected chi connectivity index (χ3v) is 4.99. The summed E-state index contributed by atoms with van der Waals surface area (Å²) in [5, 5.41) is 71.6. The highest BCUT2D eigenvalue weighted by Gasteiger charge is 2.50. The Balaban J connectivity index is 2.12. The molecule has 2 aliphatic rings. The first-order valence-corrected chi connectivity index (χ1v) is 7.85. The van der Waals surface area contributed by atoms with Crippen LogP contribution in [0.5, 0.6) is 0 Å². The van der Waals surface area contributed by atoms with E-state index in [4.69, 9.17) is 4.74 Å². The maximum absolute atomic E-state index is 10.3. The lowest BCUT2D eigenvalue weighted by molar-refractivity contribution is -0.184. The van der Waals surface area contributed by atoms with Gasteiger partial charge in [-0.05, 0) is 13.3 Å². The minimum atomic E-state index is -1.53. The minimum absolute atomic E-state index is 0.227. The predicted molar refractivity (Wildman–Crippen MR) is 77.4 cm³/mol. The molecule has 0 amide bonds. The Morgan fingerprint density at radius 3 is 2.13 bits per heavy atom. The first-order valence-electron chi connectivity index (χ1n) is 7.85. The van der Waals surface area contributed by atoms with Crippen LogP contribution in [0.4, 0.5) is 0 Å². The molecule has 2 rings (SSSR count). The van der Waals surface area contributed by atoms with E-state index in [0.29, 0.717) is 0 Å². The van der Waals surface area contributed by atoms with Crippen LogP contribution in [0.15, 0.2) is 0 Å². The van der Waals surface area contributed by atoms with Crippen molar-refractivity contribution in [1.29, 1.82) is 0 Å². The number of aliphatic hydroxyl groups excluding tert-OH is 7. The van der Waals surface area contributed by atoms with Gasteiger partial charge < -0.3 is 45.8 Å². The summed E-state index contributed by atoms with van der Waals surface area (Å²) in [6.07, 6.45) is -7.43. The van der Waals surface area contributed by atoms with E-state index in [0.717, 1.165) is 0 Å². The van der Waals surface area contributed by atoms with Crippen molar-refractivity contribution in [2.75, 3.05) is 13.2 Å². The van der Waals surface area contributed by atoms with Gasteiger partial charge in [-0.25, -0.2) is 0 Å². The topological polar surface area (TPSA) is 163 Å². The lowest BCUT2D eigenvalue weighted by Gasteiger charge is -2.47. The van der Waals surface area contributed by atoms with Gasteiger partial charge in [-0.1, -0.05) is 0 Å². The van der Waals surface area contributed by atoms with Gasteiger partial charge in [0, 0.05) is 12.0 Å². The summed E-state index contributed by atoms with van der Waals surface area (Å²) in [4.78, 5) is 0. The second kappa shape index (κ2) is 7.68. The standard InChI is InChI=1S/C14H27NO8/c1-5-8(18)2-7(9(4-17)23-5)15-10-11(19)6(3-16)12(20)14(22)13(10)21/h5-22H,2-4H2,1H3. The molecule has 8 N–H and O–H groups in total. The van der Waals surface area contributed by atoms with Crippen LogP contribution in [0, 0.1) is 5.92 Å². The Labute approximate surface area is 134 Å². The third-order valence-electron chi connectivity index (χ3n) is 4.99. The fraction of sp³-hybridized carbons (Fsp3) is 1.00. The fourth-order valence-electron chi connectivity index (χ4n) is 3.41. The summed E-state index contributed by atoms with van der Waals surface area (Å²) < 4.78 is 5.49. The SMILES string of the molecule is CC1OC(CO)C(NC2C(O)C(O)C(O)C(CO)C2O)CC1O. The lowest BCUT2D eigenvalue weighted by atomic mass is 9.77. The fourth-order valence-corrected chi connectivity index (χ4v) is 3.41. The van der Waals surface area contributed by atoms with Crippen LogP contribution < -0.4 is 5.32 Å². The molecular formula is C14H27NO8. The number of nitrogens with one attached hydrogen (secondary N) is 1. The third kappa shape index (κ3) is 3.68. The van der Waals surface area contributed by atoms with Crippen molar-refractivity contribution in [3.8, 4) is 0 Å². The van der Waals surface area contributed by atoms with Crippen molar-refractivity contribution < 1.29 is 40.5 Å². The number of rotatable bonds is 4. The van der Waals surface area contributed by atoms with E-state index in [1.807, 2.05) is 0 Å². The van der Waals surface area contributed by atoms with Crippen LogP contribution in [0.25, 0.3) is 0 Å². The summed E-state index contributed by atoms with van der Waals surface area (Å²) in [6.45, 7) is 0.798. The Hall–Kier alpha value is -0.360. The molecule has 1 heterocycles. The molecule has 0 aromatic heterocycles. The molecule has 10 unspecified atom stereocenters. The first-order chi connectivity index (χ1) is 10.8.